The van der Waals surface area contributed by atoms with Crippen molar-refractivity contribution in [2.45, 2.75) is 52.6 Å². The average Bonchev–Trinajstić information content (AvgIpc) is 2.62. The Balaban J connectivity index is 1.98. The van der Waals surface area contributed by atoms with Crippen LogP contribution >= 0.6 is 0 Å². The molecule has 1 saturated heterocycles. The molecule has 1 aromatic rings. The largest absolute Gasteiger partial charge is 0.385 e. The second-order valence-corrected chi connectivity index (χ2v) is 7.50. The highest BCUT2D eigenvalue weighted by Crippen LogP contribution is 2.22. The van der Waals surface area contributed by atoms with Crippen LogP contribution in [0.25, 0.3) is 0 Å². The first kappa shape index (κ1) is 19.9. The fraction of sp³-hybridized carbons (Fsp3) is 0.667. The number of hydrogen-bond acceptors (Lipinski definition) is 3. The van der Waals surface area contributed by atoms with Crippen molar-refractivity contribution in [2.24, 2.45) is 5.92 Å². The van der Waals surface area contributed by atoms with Crippen LogP contribution < -0.4 is 0 Å². The number of piperidine rings is 1. The molecule has 2 rings (SSSR count). The van der Waals surface area contributed by atoms with Gasteiger partial charge in [-0.15, -0.1) is 0 Å². The molecule has 0 aliphatic carbocycles. The topological polar surface area (TPSA) is 32.8 Å². The zero-order valence-corrected chi connectivity index (χ0v) is 16.3. The van der Waals surface area contributed by atoms with Gasteiger partial charge in [-0.2, -0.15) is 0 Å². The molecular formula is C21H34N2O2. The van der Waals surface area contributed by atoms with Gasteiger partial charge in [0, 0.05) is 38.8 Å². The van der Waals surface area contributed by atoms with E-state index in [1.807, 2.05) is 4.90 Å². The zero-order chi connectivity index (χ0) is 18.2. The van der Waals surface area contributed by atoms with Crippen molar-refractivity contribution in [3.8, 4) is 0 Å². The highest BCUT2D eigenvalue weighted by Gasteiger charge is 2.29. The van der Waals surface area contributed by atoms with Gasteiger partial charge in [0.2, 0.25) is 5.91 Å². The van der Waals surface area contributed by atoms with Gasteiger partial charge in [-0.05, 0) is 58.7 Å². The van der Waals surface area contributed by atoms with Gasteiger partial charge in [-0.25, -0.2) is 0 Å². The molecule has 0 atom stereocenters. The van der Waals surface area contributed by atoms with E-state index in [-0.39, 0.29) is 5.92 Å². The first-order chi connectivity index (χ1) is 12.0. The van der Waals surface area contributed by atoms with Crippen LogP contribution in [0.2, 0.25) is 0 Å². The molecule has 0 spiro atoms. The Morgan fingerprint density at radius 2 is 1.88 bits per heavy atom. The summed E-state index contributed by atoms with van der Waals surface area (Å²) in [6, 6.07) is 9.07. The summed E-state index contributed by atoms with van der Waals surface area (Å²) in [6.45, 7) is 10.8. The molecule has 0 saturated carbocycles. The lowest BCUT2D eigenvalue weighted by Gasteiger charge is -2.36. The maximum Gasteiger partial charge on any atom is 0.226 e. The monoisotopic (exact) mass is 346 g/mol. The van der Waals surface area contributed by atoms with Crippen LogP contribution in [0.5, 0.6) is 0 Å². The molecule has 4 heteroatoms. The molecule has 1 aliphatic rings. The van der Waals surface area contributed by atoms with E-state index in [0.29, 0.717) is 25.1 Å². The summed E-state index contributed by atoms with van der Waals surface area (Å²) in [7, 11) is 1.72. The van der Waals surface area contributed by atoms with Crippen LogP contribution in [0.3, 0.4) is 0 Å². The van der Waals surface area contributed by atoms with Gasteiger partial charge in [-0.3, -0.25) is 4.79 Å². The predicted octanol–water partition coefficient (Wildman–Crippen LogP) is 3.48. The molecule has 1 amide bonds. The quantitative estimate of drug-likeness (QED) is 0.676. The van der Waals surface area contributed by atoms with E-state index >= 15 is 0 Å². The number of aryl methyl sites for hydroxylation is 1. The summed E-state index contributed by atoms with van der Waals surface area (Å²) in [6.07, 6.45) is 2.84. The number of likely N-dealkylation sites (tertiary alicyclic amines) is 1. The van der Waals surface area contributed by atoms with Gasteiger partial charge in [0.25, 0.3) is 0 Å². The van der Waals surface area contributed by atoms with Crippen molar-refractivity contribution in [2.75, 3.05) is 33.4 Å². The van der Waals surface area contributed by atoms with E-state index in [4.69, 9.17) is 4.74 Å². The zero-order valence-electron chi connectivity index (χ0n) is 16.3. The molecule has 0 bridgehead atoms. The van der Waals surface area contributed by atoms with Gasteiger partial charge in [0.1, 0.15) is 0 Å². The van der Waals surface area contributed by atoms with Crippen LogP contribution in [0.1, 0.15) is 44.2 Å². The summed E-state index contributed by atoms with van der Waals surface area (Å²) in [5.41, 5.74) is 2.46. The van der Waals surface area contributed by atoms with E-state index in [1.165, 1.54) is 11.1 Å². The fourth-order valence-electron chi connectivity index (χ4n) is 3.50. The minimum Gasteiger partial charge on any atom is -0.385 e. The average molecular weight is 347 g/mol. The number of methoxy groups -OCH3 is 1. The van der Waals surface area contributed by atoms with Crippen molar-refractivity contribution in [1.29, 1.82) is 0 Å². The summed E-state index contributed by atoms with van der Waals surface area (Å²) < 4.78 is 5.18. The van der Waals surface area contributed by atoms with Gasteiger partial charge in [0.15, 0.2) is 0 Å². The molecule has 1 fully saturated rings. The Labute approximate surface area is 153 Å². The number of benzene rings is 1. The van der Waals surface area contributed by atoms with Crippen LogP contribution in [-0.4, -0.2) is 55.1 Å². The highest BCUT2D eigenvalue weighted by molar-refractivity contribution is 5.79. The molecule has 0 radical (unpaired) electrons. The Hall–Kier alpha value is -1.39. The third kappa shape index (κ3) is 6.12. The van der Waals surface area contributed by atoms with Gasteiger partial charge in [0.05, 0.1) is 0 Å². The Bertz CT molecular complexity index is 519. The standard InChI is InChI=1S/C21H34N2O2/c1-17(2)22-13-10-20(11-14-22)21(24)23(12-5-15-25-4)16-19-8-6-18(3)7-9-19/h6-9,17,20H,5,10-16H2,1-4H3. The Kier molecular flexibility index (Phi) is 7.91. The van der Waals surface area contributed by atoms with Crippen molar-refractivity contribution in [3.05, 3.63) is 35.4 Å². The van der Waals surface area contributed by atoms with Crippen molar-refractivity contribution < 1.29 is 9.53 Å². The number of ether oxygens (including phenoxy) is 1. The lowest BCUT2D eigenvalue weighted by molar-refractivity contribution is -0.138. The highest BCUT2D eigenvalue weighted by atomic mass is 16.5. The van der Waals surface area contributed by atoms with Crippen LogP contribution in [0, 0.1) is 12.8 Å². The van der Waals surface area contributed by atoms with Crippen LogP contribution in [-0.2, 0) is 16.1 Å². The number of amides is 1. The molecule has 0 N–H and O–H groups in total. The van der Waals surface area contributed by atoms with Crippen molar-refractivity contribution >= 4 is 5.91 Å². The van der Waals surface area contributed by atoms with Gasteiger partial charge in [-0.1, -0.05) is 29.8 Å². The molecule has 1 aromatic carbocycles. The molecule has 1 aliphatic heterocycles. The smallest absolute Gasteiger partial charge is 0.226 e. The SMILES string of the molecule is COCCCN(Cc1ccc(C)cc1)C(=O)C1CCN(C(C)C)CC1. The minimum absolute atomic E-state index is 0.169. The molecule has 0 aromatic heterocycles. The maximum absolute atomic E-state index is 13.1. The number of carbonyl (C=O) groups excluding carboxylic acids is 1. The first-order valence-electron chi connectivity index (χ1n) is 9.58. The van der Waals surface area contributed by atoms with Crippen molar-refractivity contribution in [1.82, 2.24) is 9.80 Å². The van der Waals surface area contributed by atoms with Crippen molar-refractivity contribution in [3.63, 3.8) is 0 Å². The number of carbonyl (C=O) groups is 1. The van der Waals surface area contributed by atoms with Gasteiger partial charge >= 0.3 is 0 Å². The van der Waals surface area contributed by atoms with E-state index in [1.54, 1.807) is 7.11 Å². The Morgan fingerprint density at radius 1 is 1.24 bits per heavy atom. The second kappa shape index (κ2) is 9.93. The van der Waals surface area contributed by atoms with E-state index < -0.39 is 0 Å². The third-order valence-electron chi connectivity index (χ3n) is 5.19. The van der Waals surface area contributed by atoms with Crippen LogP contribution in [0.4, 0.5) is 0 Å². The fourth-order valence-corrected chi connectivity index (χ4v) is 3.50. The summed E-state index contributed by atoms with van der Waals surface area (Å²) in [5, 5.41) is 0. The second-order valence-electron chi connectivity index (χ2n) is 7.50. The number of rotatable bonds is 8. The molecule has 140 valence electrons. The Morgan fingerprint density at radius 3 is 2.44 bits per heavy atom. The number of hydrogen-bond donors (Lipinski definition) is 0. The van der Waals surface area contributed by atoms with E-state index in [0.717, 1.165) is 38.9 Å². The predicted molar refractivity (Wildman–Crippen MR) is 103 cm³/mol. The summed E-state index contributed by atoms with van der Waals surface area (Å²) in [5.74, 6) is 0.489. The molecular weight excluding hydrogens is 312 g/mol. The summed E-state index contributed by atoms with van der Waals surface area (Å²) >= 11 is 0. The molecule has 1 heterocycles. The van der Waals surface area contributed by atoms with Gasteiger partial charge < -0.3 is 14.5 Å². The summed E-state index contributed by atoms with van der Waals surface area (Å²) in [4.78, 5) is 17.6. The minimum atomic E-state index is 0.169. The van der Waals surface area contributed by atoms with E-state index in [2.05, 4.69) is 49.9 Å². The third-order valence-corrected chi connectivity index (χ3v) is 5.19. The normalized spacial score (nSPS) is 16.4. The molecule has 0 unspecified atom stereocenters. The lowest BCUT2D eigenvalue weighted by Crippen LogP contribution is -2.44. The number of nitrogens with zero attached hydrogens (tertiary/aromatic N) is 2. The first-order valence-corrected chi connectivity index (χ1v) is 9.58. The molecule has 25 heavy (non-hydrogen) atoms. The van der Waals surface area contributed by atoms with Crippen LogP contribution in [0.15, 0.2) is 24.3 Å². The maximum atomic E-state index is 13.1. The van der Waals surface area contributed by atoms with E-state index in [9.17, 15) is 4.79 Å². The molecule has 4 nitrogen and oxygen atoms in total. The lowest BCUT2D eigenvalue weighted by atomic mass is 9.94.